The van der Waals surface area contributed by atoms with Gasteiger partial charge in [-0.25, -0.2) is 0 Å². The van der Waals surface area contributed by atoms with Crippen LogP contribution in [-0.4, -0.2) is 23.7 Å². The molecule has 0 aromatic carbocycles. The van der Waals surface area contributed by atoms with Gasteiger partial charge in [0, 0.05) is 24.8 Å². The Labute approximate surface area is 78.5 Å². The fourth-order valence-corrected chi connectivity index (χ4v) is 1.62. The van der Waals surface area contributed by atoms with E-state index < -0.39 is 0 Å². The van der Waals surface area contributed by atoms with Crippen LogP contribution in [-0.2, 0) is 0 Å². The molecule has 0 radical (unpaired) electrons. The Kier molecular flexibility index (Phi) is 1.84. The maximum Gasteiger partial charge on any atom is 0.140 e. The molecule has 1 aliphatic rings. The minimum atomic E-state index is -0.000602. The normalized spacial score (nSPS) is 19.6. The molecular formula is C10H16N2O. The minimum absolute atomic E-state index is 0.000602. The van der Waals surface area contributed by atoms with Crippen molar-refractivity contribution in [1.82, 2.24) is 10.3 Å². The number of rotatable bonds is 2. The van der Waals surface area contributed by atoms with Crippen molar-refractivity contribution in [2.45, 2.75) is 26.4 Å². The third kappa shape index (κ3) is 1.56. The van der Waals surface area contributed by atoms with Gasteiger partial charge in [0.1, 0.15) is 11.4 Å². The van der Waals surface area contributed by atoms with Gasteiger partial charge in [-0.3, -0.25) is 0 Å². The molecule has 1 saturated heterocycles. The molecule has 0 amide bonds. The predicted molar refractivity (Wildman–Crippen MR) is 52.2 cm³/mol. The molecule has 2 heterocycles. The fraction of sp³-hybridized carbons (Fsp3) is 0.600. The molecule has 1 aliphatic heterocycles. The quantitative estimate of drug-likeness (QED) is 0.721. The average molecular weight is 180 g/mol. The standard InChI is InChI=1S/C10H16N2O/c1-7-4-9(8(2)12-7)13-10(3)5-11-6-10/h4,11-12H,5-6H2,1-3H3. The third-order valence-electron chi connectivity index (χ3n) is 2.46. The van der Waals surface area contributed by atoms with Crippen molar-refractivity contribution in [3.8, 4) is 5.75 Å². The van der Waals surface area contributed by atoms with Crippen molar-refractivity contribution < 1.29 is 4.74 Å². The smallest absolute Gasteiger partial charge is 0.140 e. The number of ether oxygens (including phenoxy) is 1. The molecule has 0 aliphatic carbocycles. The molecule has 72 valence electrons. The van der Waals surface area contributed by atoms with Crippen molar-refractivity contribution in [1.29, 1.82) is 0 Å². The van der Waals surface area contributed by atoms with Gasteiger partial charge < -0.3 is 15.0 Å². The Morgan fingerprint density at radius 3 is 2.46 bits per heavy atom. The minimum Gasteiger partial charge on any atom is -0.483 e. The molecule has 2 N–H and O–H groups in total. The van der Waals surface area contributed by atoms with Gasteiger partial charge in [0.2, 0.25) is 0 Å². The number of aromatic nitrogens is 1. The van der Waals surface area contributed by atoms with E-state index in [1.807, 2.05) is 13.8 Å². The molecule has 0 bridgehead atoms. The lowest BCUT2D eigenvalue weighted by Gasteiger charge is -2.39. The lowest BCUT2D eigenvalue weighted by atomic mass is 10.00. The maximum absolute atomic E-state index is 5.90. The summed E-state index contributed by atoms with van der Waals surface area (Å²) in [5, 5.41) is 3.21. The number of aromatic amines is 1. The molecule has 0 spiro atoms. The molecule has 2 rings (SSSR count). The highest BCUT2D eigenvalue weighted by atomic mass is 16.5. The molecule has 1 fully saturated rings. The van der Waals surface area contributed by atoms with Crippen LogP contribution in [0.4, 0.5) is 0 Å². The van der Waals surface area contributed by atoms with Crippen LogP contribution in [0, 0.1) is 13.8 Å². The van der Waals surface area contributed by atoms with Gasteiger partial charge in [0.05, 0.1) is 5.69 Å². The summed E-state index contributed by atoms with van der Waals surface area (Å²) in [6.07, 6.45) is 0. The lowest BCUT2D eigenvalue weighted by Crippen LogP contribution is -2.61. The average Bonchev–Trinajstić information content (AvgIpc) is 2.27. The summed E-state index contributed by atoms with van der Waals surface area (Å²) in [6.45, 7) is 8.09. The summed E-state index contributed by atoms with van der Waals surface area (Å²) in [4.78, 5) is 3.23. The Bertz CT molecular complexity index is 313. The van der Waals surface area contributed by atoms with Gasteiger partial charge in [0.25, 0.3) is 0 Å². The zero-order valence-corrected chi connectivity index (χ0v) is 8.40. The molecule has 0 saturated carbocycles. The molecule has 1 aromatic rings. The van der Waals surface area contributed by atoms with Crippen LogP contribution in [0.15, 0.2) is 6.07 Å². The molecule has 13 heavy (non-hydrogen) atoms. The van der Waals surface area contributed by atoms with E-state index in [1.165, 1.54) is 0 Å². The van der Waals surface area contributed by atoms with E-state index in [0.29, 0.717) is 0 Å². The van der Waals surface area contributed by atoms with Crippen LogP contribution in [0.2, 0.25) is 0 Å². The summed E-state index contributed by atoms with van der Waals surface area (Å²) in [5.74, 6) is 0.988. The number of nitrogens with one attached hydrogen (secondary N) is 2. The van der Waals surface area contributed by atoms with E-state index in [1.54, 1.807) is 0 Å². The monoisotopic (exact) mass is 180 g/mol. The zero-order valence-electron chi connectivity index (χ0n) is 8.40. The predicted octanol–water partition coefficient (Wildman–Crippen LogP) is 1.37. The lowest BCUT2D eigenvalue weighted by molar-refractivity contribution is 0.0343. The van der Waals surface area contributed by atoms with Crippen molar-refractivity contribution in [3.63, 3.8) is 0 Å². The van der Waals surface area contributed by atoms with E-state index in [9.17, 15) is 0 Å². The fourth-order valence-electron chi connectivity index (χ4n) is 1.62. The number of H-pyrrole nitrogens is 1. The molecule has 1 aromatic heterocycles. The summed E-state index contributed by atoms with van der Waals surface area (Å²) in [7, 11) is 0. The van der Waals surface area contributed by atoms with Gasteiger partial charge in [-0.15, -0.1) is 0 Å². The van der Waals surface area contributed by atoms with E-state index in [0.717, 1.165) is 30.2 Å². The van der Waals surface area contributed by atoms with Gasteiger partial charge in [-0.1, -0.05) is 0 Å². The highest BCUT2D eigenvalue weighted by Gasteiger charge is 2.34. The molecule has 0 atom stereocenters. The van der Waals surface area contributed by atoms with Crippen molar-refractivity contribution in [2.24, 2.45) is 0 Å². The summed E-state index contributed by atoms with van der Waals surface area (Å²) < 4.78 is 5.90. The van der Waals surface area contributed by atoms with Crippen LogP contribution in [0.5, 0.6) is 5.75 Å². The van der Waals surface area contributed by atoms with Gasteiger partial charge in [0.15, 0.2) is 0 Å². The molecule has 3 heteroatoms. The Morgan fingerprint density at radius 2 is 2.08 bits per heavy atom. The highest BCUT2D eigenvalue weighted by Crippen LogP contribution is 2.25. The van der Waals surface area contributed by atoms with Crippen molar-refractivity contribution >= 4 is 0 Å². The maximum atomic E-state index is 5.90. The van der Waals surface area contributed by atoms with Crippen LogP contribution in [0.1, 0.15) is 18.3 Å². The van der Waals surface area contributed by atoms with Gasteiger partial charge in [-0.2, -0.15) is 0 Å². The highest BCUT2D eigenvalue weighted by molar-refractivity contribution is 5.31. The largest absolute Gasteiger partial charge is 0.483 e. The first-order valence-corrected chi connectivity index (χ1v) is 4.65. The van der Waals surface area contributed by atoms with Gasteiger partial charge >= 0.3 is 0 Å². The topological polar surface area (TPSA) is 37.0 Å². The van der Waals surface area contributed by atoms with Crippen molar-refractivity contribution in [2.75, 3.05) is 13.1 Å². The molecule has 3 nitrogen and oxygen atoms in total. The first-order chi connectivity index (χ1) is 6.09. The van der Waals surface area contributed by atoms with E-state index in [-0.39, 0.29) is 5.60 Å². The van der Waals surface area contributed by atoms with Crippen molar-refractivity contribution in [3.05, 3.63) is 17.5 Å². The third-order valence-corrected chi connectivity index (χ3v) is 2.46. The van der Waals surface area contributed by atoms with E-state index in [4.69, 9.17) is 4.74 Å². The Morgan fingerprint density at radius 1 is 1.38 bits per heavy atom. The molecular weight excluding hydrogens is 164 g/mol. The van der Waals surface area contributed by atoms with E-state index in [2.05, 4.69) is 23.3 Å². The number of hydrogen-bond acceptors (Lipinski definition) is 2. The van der Waals surface area contributed by atoms with Crippen LogP contribution >= 0.6 is 0 Å². The molecule has 0 unspecified atom stereocenters. The second-order valence-corrected chi connectivity index (χ2v) is 4.10. The summed E-state index contributed by atoms with van der Waals surface area (Å²) in [6, 6.07) is 2.05. The van der Waals surface area contributed by atoms with E-state index >= 15 is 0 Å². The second-order valence-electron chi connectivity index (χ2n) is 4.10. The van der Waals surface area contributed by atoms with Gasteiger partial charge in [-0.05, 0) is 20.8 Å². The number of aryl methyl sites for hydroxylation is 2. The second kappa shape index (κ2) is 2.77. The zero-order chi connectivity index (χ0) is 9.47. The SMILES string of the molecule is Cc1cc(OC2(C)CNC2)c(C)[nH]1. The van der Waals surface area contributed by atoms with Crippen LogP contribution in [0.25, 0.3) is 0 Å². The Balaban J connectivity index is 2.12. The van der Waals surface area contributed by atoms with Crippen LogP contribution < -0.4 is 10.1 Å². The Hall–Kier alpha value is -0.960. The first kappa shape index (κ1) is 8.63. The summed E-state index contributed by atoms with van der Waals surface area (Å²) in [5.41, 5.74) is 2.27. The van der Waals surface area contributed by atoms with Crippen LogP contribution in [0.3, 0.4) is 0 Å². The first-order valence-electron chi connectivity index (χ1n) is 4.65. The summed E-state index contributed by atoms with van der Waals surface area (Å²) >= 11 is 0. The number of hydrogen-bond donors (Lipinski definition) is 2.